The van der Waals surface area contributed by atoms with Crippen LogP contribution in [0.1, 0.15) is 27.7 Å². The van der Waals surface area contributed by atoms with E-state index in [1.54, 1.807) is 34.7 Å². The molecule has 0 aliphatic carbocycles. The van der Waals surface area contributed by atoms with E-state index in [0.29, 0.717) is 6.54 Å². The van der Waals surface area contributed by atoms with Crippen LogP contribution in [0.2, 0.25) is 0 Å². The van der Waals surface area contributed by atoms with E-state index in [4.69, 9.17) is 5.73 Å². The Bertz CT molecular complexity index is 254. The first kappa shape index (κ1) is 12.9. The van der Waals surface area contributed by atoms with Crippen molar-refractivity contribution in [3.05, 3.63) is 0 Å². The topological polar surface area (TPSA) is 63.4 Å². The predicted octanol–water partition coefficient (Wildman–Crippen LogP) is 0.394. The molecule has 80 valence electrons. The van der Waals surface area contributed by atoms with Crippen LogP contribution in [0.3, 0.4) is 0 Å². The molecule has 1 unspecified atom stereocenters. The molecule has 4 nitrogen and oxygen atoms in total. The van der Waals surface area contributed by atoms with Crippen molar-refractivity contribution >= 4 is 10.0 Å². The largest absolute Gasteiger partial charge is 0.329 e. The Labute approximate surface area is 81.2 Å². The van der Waals surface area contributed by atoms with Gasteiger partial charge in [0.1, 0.15) is 0 Å². The van der Waals surface area contributed by atoms with Crippen LogP contribution in [0, 0.1) is 0 Å². The first-order valence-electron chi connectivity index (χ1n) is 4.32. The third-order valence-corrected chi connectivity index (χ3v) is 4.78. The van der Waals surface area contributed by atoms with E-state index in [9.17, 15) is 8.42 Å². The minimum absolute atomic E-state index is 0.149. The standard InChI is InChI=1S/C8H20N2O2S/c1-7(6-9)10(5)13(11,12)8(2,3)4/h7H,6,9H2,1-5H3. The fourth-order valence-electron chi connectivity index (χ4n) is 0.817. The second-order valence-electron chi connectivity index (χ2n) is 4.22. The molecule has 0 bridgehead atoms. The number of sulfonamides is 1. The summed E-state index contributed by atoms with van der Waals surface area (Å²) in [6.07, 6.45) is 0. The molecule has 13 heavy (non-hydrogen) atoms. The van der Waals surface area contributed by atoms with Gasteiger partial charge >= 0.3 is 0 Å². The van der Waals surface area contributed by atoms with Crippen LogP contribution < -0.4 is 5.73 Å². The van der Waals surface area contributed by atoms with Gasteiger partial charge in [-0.05, 0) is 27.7 Å². The number of nitrogens with two attached hydrogens (primary N) is 1. The highest BCUT2D eigenvalue weighted by molar-refractivity contribution is 7.90. The SMILES string of the molecule is CC(CN)N(C)S(=O)(=O)C(C)(C)C. The summed E-state index contributed by atoms with van der Waals surface area (Å²) in [6.45, 7) is 7.18. The van der Waals surface area contributed by atoms with Crippen molar-refractivity contribution in [3.63, 3.8) is 0 Å². The monoisotopic (exact) mass is 208 g/mol. The van der Waals surface area contributed by atoms with Crippen molar-refractivity contribution in [3.8, 4) is 0 Å². The highest BCUT2D eigenvalue weighted by Gasteiger charge is 2.34. The molecule has 0 aromatic carbocycles. The van der Waals surface area contributed by atoms with Crippen molar-refractivity contribution in [2.75, 3.05) is 13.6 Å². The van der Waals surface area contributed by atoms with E-state index in [0.717, 1.165) is 0 Å². The van der Waals surface area contributed by atoms with Crippen LogP contribution in [0.25, 0.3) is 0 Å². The third kappa shape index (κ3) is 2.65. The van der Waals surface area contributed by atoms with E-state index in [1.807, 2.05) is 0 Å². The van der Waals surface area contributed by atoms with Crippen LogP contribution in [0.5, 0.6) is 0 Å². The minimum atomic E-state index is -3.23. The highest BCUT2D eigenvalue weighted by atomic mass is 32.2. The summed E-state index contributed by atoms with van der Waals surface area (Å²) in [7, 11) is -1.67. The summed E-state index contributed by atoms with van der Waals surface area (Å²) in [5.74, 6) is 0. The van der Waals surface area contributed by atoms with Crippen LogP contribution in [0.15, 0.2) is 0 Å². The fraction of sp³-hybridized carbons (Fsp3) is 1.00. The van der Waals surface area contributed by atoms with Crippen molar-refractivity contribution in [1.29, 1.82) is 0 Å². The molecular formula is C8H20N2O2S. The number of rotatable bonds is 3. The maximum Gasteiger partial charge on any atom is 0.219 e. The van der Waals surface area contributed by atoms with Gasteiger partial charge in [0.15, 0.2) is 0 Å². The summed E-state index contributed by atoms with van der Waals surface area (Å²) in [4.78, 5) is 0. The van der Waals surface area contributed by atoms with E-state index < -0.39 is 14.8 Å². The fourth-order valence-corrected chi connectivity index (χ4v) is 2.24. The van der Waals surface area contributed by atoms with Gasteiger partial charge in [0.05, 0.1) is 4.75 Å². The molecule has 0 aliphatic rings. The lowest BCUT2D eigenvalue weighted by Crippen LogP contribution is -2.47. The smallest absolute Gasteiger partial charge is 0.219 e. The molecule has 5 heteroatoms. The number of nitrogens with zero attached hydrogens (tertiary/aromatic N) is 1. The number of hydrogen-bond acceptors (Lipinski definition) is 3. The molecule has 0 aliphatic heterocycles. The average Bonchev–Trinajstić information content (AvgIpc) is 1.99. The van der Waals surface area contributed by atoms with Gasteiger partial charge in [-0.25, -0.2) is 12.7 Å². The van der Waals surface area contributed by atoms with E-state index in [-0.39, 0.29) is 6.04 Å². The molecule has 0 spiro atoms. The summed E-state index contributed by atoms with van der Waals surface area (Å²) in [5.41, 5.74) is 5.41. The number of likely N-dealkylation sites (N-methyl/N-ethyl adjacent to an activating group) is 1. The average molecular weight is 208 g/mol. The first-order chi connectivity index (χ1) is 5.64. The van der Waals surface area contributed by atoms with E-state index in [2.05, 4.69) is 0 Å². The summed E-state index contributed by atoms with van der Waals surface area (Å²) in [5, 5.41) is 0. The summed E-state index contributed by atoms with van der Waals surface area (Å²) >= 11 is 0. The molecule has 0 aromatic rings. The lowest BCUT2D eigenvalue weighted by atomic mass is 10.3. The maximum atomic E-state index is 11.8. The Balaban J connectivity index is 4.87. The van der Waals surface area contributed by atoms with Crippen molar-refractivity contribution in [1.82, 2.24) is 4.31 Å². The lowest BCUT2D eigenvalue weighted by molar-refractivity contribution is 0.380. The second kappa shape index (κ2) is 3.94. The zero-order valence-corrected chi connectivity index (χ0v) is 9.85. The third-order valence-electron chi connectivity index (χ3n) is 2.11. The Morgan fingerprint density at radius 1 is 1.38 bits per heavy atom. The van der Waals surface area contributed by atoms with Gasteiger partial charge in [0.25, 0.3) is 0 Å². The van der Waals surface area contributed by atoms with Gasteiger partial charge in [-0.3, -0.25) is 0 Å². The maximum absolute atomic E-state index is 11.8. The van der Waals surface area contributed by atoms with Crippen LogP contribution in [-0.4, -0.2) is 37.1 Å². The molecule has 0 saturated heterocycles. The predicted molar refractivity (Wildman–Crippen MR) is 55.0 cm³/mol. The zero-order chi connectivity index (χ0) is 10.9. The van der Waals surface area contributed by atoms with Gasteiger partial charge < -0.3 is 5.73 Å². The number of hydrogen-bond donors (Lipinski definition) is 1. The van der Waals surface area contributed by atoms with Gasteiger partial charge in [0.2, 0.25) is 10.0 Å². The Morgan fingerprint density at radius 3 is 2.00 bits per heavy atom. The molecule has 0 saturated carbocycles. The summed E-state index contributed by atoms with van der Waals surface area (Å²) in [6, 6.07) is -0.149. The van der Waals surface area contributed by atoms with Gasteiger partial charge in [-0.15, -0.1) is 0 Å². The van der Waals surface area contributed by atoms with Crippen molar-refractivity contribution in [2.24, 2.45) is 5.73 Å². The van der Waals surface area contributed by atoms with Gasteiger partial charge in [-0.1, -0.05) is 0 Å². The molecule has 0 amide bonds. The van der Waals surface area contributed by atoms with E-state index >= 15 is 0 Å². The Hall–Kier alpha value is -0.130. The van der Waals surface area contributed by atoms with Gasteiger partial charge in [-0.2, -0.15) is 0 Å². The second-order valence-corrected chi connectivity index (χ2v) is 6.97. The molecule has 1 atom stereocenters. The van der Waals surface area contributed by atoms with Crippen molar-refractivity contribution in [2.45, 2.75) is 38.5 Å². The van der Waals surface area contributed by atoms with Crippen LogP contribution in [0.4, 0.5) is 0 Å². The highest BCUT2D eigenvalue weighted by Crippen LogP contribution is 2.20. The molecule has 0 rings (SSSR count). The Kier molecular flexibility index (Phi) is 3.90. The van der Waals surface area contributed by atoms with Gasteiger partial charge in [0, 0.05) is 19.6 Å². The Morgan fingerprint density at radius 2 is 1.77 bits per heavy atom. The van der Waals surface area contributed by atoms with Crippen LogP contribution in [-0.2, 0) is 10.0 Å². The van der Waals surface area contributed by atoms with Crippen LogP contribution >= 0.6 is 0 Å². The minimum Gasteiger partial charge on any atom is -0.329 e. The zero-order valence-electron chi connectivity index (χ0n) is 9.03. The normalized spacial score (nSPS) is 16.2. The lowest BCUT2D eigenvalue weighted by Gasteiger charge is -2.30. The quantitative estimate of drug-likeness (QED) is 0.730. The molecule has 0 radical (unpaired) electrons. The molecule has 0 fully saturated rings. The van der Waals surface area contributed by atoms with E-state index in [1.165, 1.54) is 4.31 Å². The molecule has 0 heterocycles. The molecular weight excluding hydrogens is 188 g/mol. The molecule has 0 aromatic heterocycles. The molecule has 2 N–H and O–H groups in total. The summed E-state index contributed by atoms with van der Waals surface area (Å²) < 4.78 is 24.2. The van der Waals surface area contributed by atoms with Crippen molar-refractivity contribution < 1.29 is 8.42 Å². The first-order valence-corrected chi connectivity index (χ1v) is 5.76.